The molecule has 0 saturated carbocycles. The van der Waals surface area contributed by atoms with Crippen molar-refractivity contribution in [3.05, 3.63) is 22.7 Å². The van der Waals surface area contributed by atoms with Crippen molar-refractivity contribution in [3.63, 3.8) is 0 Å². The average Bonchev–Trinajstić information content (AvgIpc) is 2.41. The summed E-state index contributed by atoms with van der Waals surface area (Å²) in [5.74, 6) is 0.816. The summed E-state index contributed by atoms with van der Waals surface area (Å²) in [6, 6.07) is 5.92. The van der Waals surface area contributed by atoms with Gasteiger partial charge in [-0.25, -0.2) is 0 Å². The van der Waals surface area contributed by atoms with Crippen LogP contribution in [0.25, 0.3) is 0 Å². The summed E-state index contributed by atoms with van der Waals surface area (Å²) in [5.41, 5.74) is 1.02. The van der Waals surface area contributed by atoms with E-state index >= 15 is 0 Å². The predicted octanol–water partition coefficient (Wildman–Crippen LogP) is 3.66. The topological polar surface area (TPSA) is 39.7 Å². The minimum absolute atomic E-state index is 0.139. The van der Waals surface area contributed by atoms with Crippen LogP contribution in [0.4, 0.5) is 5.69 Å². The number of halogens is 1. The lowest BCUT2D eigenvalue weighted by Gasteiger charge is -2.17. The molecule has 0 radical (unpaired) electrons. The first-order valence-corrected chi connectivity index (χ1v) is 7.31. The number of methoxy groups -OCH3 is 1. The Labute approximate surface area is 123 Å². The molecule has 0 unspecified atom stereocenters. The summed E-state index contributed by atoms with van der Waals surface area (Å²) in [6.07, 6.45) is 0.667. The van der Waals surface area contributed by atoms with E-state index in [1.807, 2.05) is 32.0 Å². The molecule has 0 fully saturated rings. The molecule has 0 bridgehead atoms. The van der Waals surface area contributed by atoms with Crippen LogP contribution in [0.1, 0.15) is 20.3 Å². The summed E-state index contributed by atoms with van der Waals surface area (Å²) in [4.78, 5) is 0. The van der Waals surface area contributed by atoms with E-state index in [2.05, 4.69) is 21.2 Å². The maximum atomic E-state index is 5.49. The molecule has 4 nitrogen and oxygen atoms in total. The molecule has 0 aromatic heterocycles. The molecule has 0 heterocycles. The molecule has 19 heavy (non-hydrogen) atoms. The highest BCUT2D eigenvalue weighted by Gasteiger charge is 2.07. The normalized spacial score (nSPS) is 10.8. The number of anilines is 1. The Hall–Kier alpha value is -0.780. The average molecular weight is 332 g/mol. The van der Waals surface area contributed by atoms with E-state index in [9.17, 15) is 0 Å². The Morgan fingerprint density at radius 2 is 1.89 bits per heavy atom. The SMILES string of the molecule is CCOC(CCNc1ccc(Br)c(OC)c1)OCC. The van der Waals surface area contributed by atoms with Crippen LogP contribution in [0.15, 0.2) is 22.7 Å². The summed E-state index contributed by atoms with van der Waals surface area (Å²) >= 11 is 3.43. The van der Waals surface area contributed by atoms with Gasteiger partial charge >= 0.3 is 0 Å². The van der Waals surface area contributed by atoms with Crippen LogP contribution in [-0.4, -0.2) is 33.2 Å². The van der Waals surface area contributed by atoms with Gasteiger partial charge in [-0.15, -0.1) is 0 Å². The molecule has 5 heteroatoms. The van der Waals surface area contributed by atoms with Crippen molar-refractivity contribution in [1.29, 1.82) is 0 Å². The quantitative estimate of drug-likeness (QED) is 0.701. The van der Waals surface area contributed by atoms with Crippen LogP contribution in [0, 0.1) is 0 Å². The lowest BCUT2D eigenvalue weighted by molar-refractivity contribution is -0.137. The zero-order valence-electron chi connectivity index (χ0n) is 11.7. The summed E-state index contributed by atoms with van der Waals surface area (Å²) in [5, 5.41) is 3.33. The fourth-order valence-electron chi connectivity index (χ4n) is 1.69. The molecule has 0 aliphatic carbocycles. The van der Waals surface area contributed by atoms with Gasteiger partial charge in [0.05, 0.1) is 11.6 Å². The molecule has 108 valence electrons. The maximum Gasteiger partial charge on any atom is 0.159 e. The monoisotopic (exact) mass is 331 g/mol. The van der Waals surface area contributed by atoms with Gasteiger partial charge in [-0.3, -0.25) is 0 Å². The fraction of sp³-hybridized carbons (Fsp3) is 0.571. The first-order valence-electron chi connectivity index (χ1n) is 6.51. The van der Waals surface area contributed by atoms with E-state index in [1.165, 1.54) is 0 Å². The van der Waals surface area contributed by atoms with Crippen LogP contribution >= 0.6 is 15.9 Å². The molecule has 0 aliphatic rings. The van der Waals surface area contributed by atoms with Crippen LogP contribution in [0.2, 0.25) is 0 Å². The van der Waals surface area contributed by atoms with E-state index in [1.54, 1.807) is 7.11 Å². The first-order chi connectivity index (χ1) is 9.21. The lowest BCUT2D eigenvalue weighted by atomic mass is 10.3. The van der Waals surface area contributed by atoms with Crippen LogP contribution in [-0.2, 0) is 9.47 Å². The van der Waals surface area contributed by atoms with Crippen molar-refractivity contribution in [3.8, 4) is 5.75 Å². The summed E-state index contributed by atoms with van der Waals surface area (Å²) < 4.78 is 17.2. The van der Waals surface area contributed by atoms with Gasteiger partial charge < -0.3 is 19.5 Å². The van der Waals surface area contributed by atoms with E-state index in [0.717, 1.165) is 28.9 Å². The Kier molecular flexibility index (Phi) is 7.86. The highest BCUT2D eigenvalue weighted by Crippen LogP contribution is 2.27. The molecule has 1 aromatic carbocycles. The zero-order chi connectivity index (χ0) is 14.1. The van der Waals surface area contributed by atoms with E-state index in [-0.39, 0.29) is 6.29 Å². The minimum Gasteiger partial charge on any atom is -0.495 e. The number of ether oxygens (including phenoxy) is 3. The predicted molar refractivity (Wildman–Crippen MR) is 80.8 cm³/mol. The molecule has 1 rings (SSSR count). The summed E-state index contributed by atoms with van der Waals surface area (Å²) in [6.45, 7) is 6.06. The second-order valence-corrected chi connectivity index (χ2v) is 4.76. The van der Waals surface area contributed by atoms with E-state index in [0.29, 0.717) is 13.2 Å². The smallest absolute Gasteiger partial charge is 0.159 e. The van der Waals surface area contributed by atoms with Crippen LogP contribution in [0.3, 0.4) is 0 Å². The number of nitrogens with one attached hydrogen (secondary N) is 1. The Morgan fingerprint density at radius 1 is 1.21 bits per heavy atom. The third-order valence-electron chi connectivity index (χ3n) is 2.57. The third kappa shape index (κ3) is 5.80. The molecule has 0 spiro atoms. The third-order valence-corrected chi connectivity index (χ3v) is 3.22. The highest BCUT2D eigenvalue weighted by molar-refractivity contribution is 9.10. The van der Waals surface area contributed by atoms with Gasteiger partial charge in [-0.1, -0.05) is 0 Å². The van der Waals surface area contributed by atoms with Gasteiger partial charge in [0, 0.05) is 37.9 Å². The van der Waals surface area contributed by atoms with Gasteiger partial charge in [-0.05, 0) is 41.9 Å². The second-order valence-electron chi connectivity index (χ2n) is 3.91. The molecule has 1 aromatic rings. The Bertz CT molecular complexity index is 368. The number of hydrogen-bond donors (Lipinski definition) is 1. The zero-order valence-corrected chi connectivity index (χ0v) is 13.3. The molecule has 1 N–H and O–H groups in total. The number of hydrogen-bond acceptors (Lipinski definition) is 4. The molecular weight excluding hydrogens is 310 g/mol. The first kappa shape index (κ1) is 16.3. The minimum atomic E-state index is -0.139. The van der Waals surface area contributed by atoms with E-state index < -0.39 is 0 Å². The van der Waals surface area contributed by atoms with Crippen molar-refractivity contribution in [2.75, 3.05) is 32.2 Å². The van der Waals surface area contributed by atoms with Crippen molar-refractivity contribution >= 4 is 21.6 Å². The maximum absolute atomic E-state index is 5.49. The standard InChI is InChI=1S/C14H22BrNO3/c1-4-18-14(19-5-2)8-9-16-11-6-7-12(15)13(10-11)17-3/h6-7,10,14,16H,4-5,8-9H2,1-3H3. The molecule has 0 amide bonds. The van der Waals surface area contributed by atoms with Crippen molar-refractivity contribution in [2.24, 2.45) is 0 Å². The van der Waals surface area contributed by atoms with Gasteiger partial charge in [-0.2, -0.15) is 0 Å². The Balaban J connectivity index is 2.43. The van der Waals surface area contributed by atoms with Gasteiger partial charge in [0.1, 0.15) is 5.75 Å². The molecule has 0 aliphatic heterocycles. The van der Waals surface area contributed by atoms with Crippen LogP contribution in [0.5, 0.6) is 5.75 Å². The summed E-state index contributed by atoms with van der Waals surface area (Å²) in [7, 11) is 1.66. The van der Waals surface area contributed by atoms with Crippen molar-refractivity contribution < 1.29 is 14.2 Å². The molecular formula is C14H22BrNO3. The largest absolute Gasteiger partial charge is 0.495 e. The highest BCUT2D eigenvalue weighted by atomic mass is 79.9. The fourth-order valence-corrected chi connectivity index (χ4v) is 2.10. The van der Waals surface area contributed by atoms with Crippen molar-refractivity contribution in [1.82, 2.24) is 0 Å². The second kappa shape index (κ2) is 9.18. The molecule has 0 atom stereocenters. The van der Waals surface area contributed by atoms with E-state index in [4.69, 9.17) is 14.2 Å². The molecule has 0 saturated heterocycles. The van der Waals surface area contributed by atoms with Crippen LogP contribution < -0.4 is 10.1 Å². The van der Waals surface area contributed by atoms with Gasteiger partial charge in [0.25, 0.3) is 0 Å². The number of benzene rings is 1. The van der Waals surface area contributed by atoms with Gasteiger partial charge in [0.15, 0.2) is 6.29 Å². The Morgan fingerprint density at radius 3 is 2.47 bits per heavy atom. The lowest BCUT2D eigenvalue weighted by Crippen LogP contribution is -2.21. The van der Waals surface area contributed by atoms with Gasteiger partial charge in [0.2, 0.25) is 0 Å². The number of rotatable bonds is 9. The van der Waals surface area contributed by atoms with Crippen molar-refractivity contribution in [2.45, 2.75) is 26.6 Å².